The highest BCUT2D eigenvalue weighted by atomic mass is 32.2. The summed E-state index contributed by atoms with van der Waals surface area (Å²) < 4.78 is 36.3. The van der Waals surface area contributed by atoms with Crippen LogP contribution in [0.1, 0.15) is 46.2 Å². The van der Waals surface area contributed by atoms with Gasteiger partial charge in [0, 0.05) is 17.3 Å². The molecule has 8 nitrogen and oxygen atoms in total. The van der Waals surface area contributed by atoms with Gasteiger partial charge in [0.2, 0.25) is 21.9 Å². The van der Waals surface area contributed by atoms with Crippen molar-refractivity contribution in [2.75, 3.05) is 12.8 Å². The van der Waals surface area contributed by atoms with E-state index in [1.165, 1.54) is 7.11 Å². The summed E-state index contributed by atoms with van der Waals surface area (Å²) in [6.07, 6.45) is 1.61. The maximum atomic E-state index is 13.1. The third kappa shape index (κ3) is 5.08. The van der Waals surface area contributed by atoms with E-state index < -0.39 is 15.6 Å². The van der Waals surface area contributed by atoms with Crippen LogP contribution in [0.3, 0.4) is 0 Å². The van der Waals surface area contributed by atoms with E-state index in [1.54, 1.807) is 33.0 Å². The van der Waals surface area contributed by atoms with Crippen molar-refractivity contribution in [1.29, 1.82) is 0 Å². The summed E-state index contributed by atoms with van der Waals surface area (Å²) in [4.78, 5) is 8.88. The van der Waals surface area contributed by atoms with Crippen molar-refractivity contribution in [3.63, 3.8) is 0 Å². The summed E-state index contributed by atoms with van der Waals surface area (Å²) in [7, 11) is -2.47. The van der Waals surface area contributed by atoms with E-state index in [4.69, 9.17) is 10.5 Å². The Morgan fingerprint density at radius 1 is 1.03 bits per heavy atom. The highest BCUT2D eigenvalue weighted by molar-refractivity contribution is 7.89. The van der Waals surface area contributed by atoms with Crippen molar-refractivity contribution in [3.05, 3.63) is 66.4 Å². The largest absolute Gasteiger partial charge is 0.480 e. The van der Waals surface area contributed by atoms with Crippen LogP contribution < -0.4 is 15.2 Å². The maximum Gasteiger partial charge on any atom is 0.246 e. The number of aromatic nitrogens is 3. The lowest BCUT2D eigenvalue weighted by molar-refractivity contribution is 0.384. The molecule has 0 aliphatic heterocycles. The normalized spacial score (nSPS) is 13.3. The molecule has 0 bridgehead atoms. The molecular weight excluding hydrogens is 474 g/mol. The van der Waals surface area contributed by atoms with Crippen LogP contribution in [0.25, 0.3) is 22.2 Å². The van der Waals surface area contributed by atoms with Crippen molar-refractivity contribution < 1.29 is 13.2 Å². The van der Waals surface area contributed by atoms with Crippen LogP contribution in [0.2, 0.25) is 0 Å². The van der Waals surface area contributed by atoms with E-state index >= 15 is 0 Å². The molecule has 0 saturated heterocycles. The number of hydrogen-bond donors (Lipinski definition) is 2. The molecule has 9 heteroatoms. The Hall–Kier alpha value is -3.43. The SMILES string of the molecule is COc1ncc(-c2ccc3nc(N)n([C@@H](c4ccccc4)C(C)C)c3c2)cc1S(=O)(=O)NC(C)(C)C. The summed E-state index contributed by atoms with van der Waals surface area (Å²) in [5.41, 5.74) is 9.96. The van der Waals surface area contributed by atoms with Gasteiger partial charge >= 0.3 is 0 Å². The van der Waals surface area contributed by atoms with Gasteiger partial charge in [-0.3, -0.25) is 0 Å². The molecule has 190 valence electrons. The molecule has 0 amide bonds. The molecule has 4 aromatic rings. The number of nitrogens with two attached hydrogens (primary N) is 1. The molecule has 0 unspecified atom stereocenters. The predicted octanol–water partition coefficient (Wildman–Crippen LogP) is 5.01. The summed E-state index contributed by atoms with van der Waals surface area (Å²) in [5.74, 6) is 0.712. The highest BCUT2D eigenvalue weighted by Gasteiger charge is 2.27. The summed E-state index contributed by atoms with van der Waals surface area (Å²) >= 11 is 0. The summed E-state index contributed by atoms with van der Waals surface area (Å²) in [5, 5.41) is 0. The number of benzene rings is 2. The first-order chi connectivity index (χ1) is 16.9. The molecule has 0 fully saturated rings. The molecule has 2 aromatic heterocycles. The number of anilines is 1. The predicted molar refractivity (Wildman–Crippen MR) is 143 cm³/mol. The van der Waals surface area contributed by atoms with E-state index in [0.717, 1.165) is 22.2 Å². The van der Waals surface area contributed by atoms with E-state index in [0.29, 0.717) is 11.5 Å². The van der Waals surface area contributed by atoms with Gasteiger partial charge in [0.25, 0.3) is 0 Å². The van der Waals surface area contributed by atoms with Crippen molar-refractivity contribution in [1.82, 2.24) is 19.3 Å². The highest BCUT2D eigenvalue weighted by Crippen LogP contribution is 2.35. The zero-order valence-corrected chi connectivity index (χ0v) is 22.3. The molecule has 36 heavy (non-hydrogen) atoms. The van der Waals surface area contributed by atoms with E-state index in [1.807, 2.05) is 36.4 Å². The first kappa shape index (κ1) is 25.7. The molecule has 3 N–H and O–H groups in total. The number of imidazole rings is 1. The third-order valence-corrected chi connectivity index (χ3v) is 7.60. The van der Waals surface area contributed by atoms with Gasteiger partial charge in [0.05, 0.1) is 24.2 Å². The lowest BCUT2D eigenvalue weighted by Gasteiger charge is -2.25. The quantitative estimate of drug-likeness (QED) is 0.364. The van der Waals surface area contributed by atoms with E-state index in [9.17, 15) is 8.42 Å². The third-order valence-electron chi connectivity index (χ3n) is 5.84. The molecule has 0 saturated carbocycles. The van der Waals surface area contributed by atoms with Gasteiger partial charge in [-0.15, -0.1) is 0 Å². The zero-order chi connectivity index (χ0) is 26.3. The van der Waals surface area contributed by atoms with Crippen LogP contribution in [-0.4, -0.2) is 35.6 Å². The summed E-state index contributed by atoms with van der Waals surface area (Å²) in [6.45, 7) is 9.65. The smallest absolute Gasteiger partial charge is 0.246 e. The average Bonchev–Trinajstić information content (AvgIpc) is 3.12. The maximum absolute atomic E-state index is 13.1. The Balaban J connectivity index is 1.87. The second-order valence-electron chi connectivity index (χ2n) is 10.2. The first-order valence-corrected chi connectivity index (χ1v) is 13.3. The summed E-state index contributed by atoms with van der Waals surface area (Å²) in [6, 6.07) is 17.5. The molecule has 0 radical (unpaired) electrons. The Labute approximate surface area is 212 Å². The second-order valence-corrected chi connectivity index (χ2v) is 11.9. The Morgan fingerprint density at radius 2 is 1.72 bits per heavy atom. The molecule has 0 aliphatic rings. The lowest BCUT2D eigenvalue weighted by Crippen LogP contribution is -2.40. The van der Waals surface area contributed by atoms with E-state index in [-0.39, 0.29) is 22.7 Å². The molecule has 4 rings (SSSR count). The molecule has 2 heterocycles. The van der Waals surface area contributed by atoms with Crippen LogP contribution in [0, 0.1) is 5.92 Å². The minimum atomic E-state index is -3.87. The number of nitrogens with zero attached hydrogens (tertiary/aromatic N) is 3. The van der Waals surface area contributed by atoms with Crippen LogP contribution in [-0.2, 0) is 10.0 Å². The second kappa shape index (κ2) is 9.55. The molecule has 0 spiro atoms. The van der Waals surface area contributed by atoms with Crippen LogP contribution in [0.4, 0.5) is 5.95 Å². The van der Waals surface area contributed by atoms with Crippen LogP contribution in [0.5, 0.6) is 5.88 Å². The van der Waals surface area contributed by atoms with Gasteiger partial charge in [-0.2, -0.15) is 0 Å². The van der Waals surface area contributed by atoms with Gasteiger partial charge in [0.15, 0.2) is 0 Å². The van der Waals surface area contributed by atoms with E-state index in [2.05, 4.69) is 45.2 Å². The van der Waals surface area contributed by atoms with Crippen LogP contribution in [0.15, 0.2) is 65.7 Å². The minimum absolute atomic E-state index is 0.0186. The average molecular weight is 508 g/mol. The number of pyridine rings is 1. The fourth-order valence-electron chi connectivity index (χ4n) is 4.46. The number of rotatable bonds is 7. The molecular formula is C27H33N5O3S. The molecule has 0 aliphatic carbocycles. The number of methoxy groups -OCH3 is 1. The van der Waals surface area contributed by atoms with Crippen molar-refractivity contribution in [2.45, 2.75) is 51.1 Å². The Kier molecular flexibility index (Phi) is 6.81. The number of sulfonamides is 1. The standard InChI is InChI=1S/C27H33N5O3S/c1-17(2)24(18-10-8-7-9-11-18)32-22-14-19(12-13-21(22)30-26(32)28)20-15-23(25(35-6)29-16-20)36(33,34)31-27(3,4)5/h7-17,24,31H,1-6H3,(H2,28,30)/t24-/m1/s1. The van der Waals surface area contributed by atoms with Crippen molar-refractivity contribution in [2.24, 2.45) is 5.92 Å². The minimum Gasteiger partial charge on any atom is -0.480 e. The Bertz CT molecular complexity index is 1490. The van der Waals surface area contributed by atoms with Crippen molar-refractivity contribution in [3.8, 4) is 17.0 Å². The number of fused-ring (bicyclic) bond motifs is 1. The van der Waals surface area contributed by atoms with Gasteiger partial charge in [-0.1, -0.05) is 50.2 Å². The topological polar surface area (TPSA) is 112 Å². The number of ether oxygens (including phenoxy) is 1. The molecule has 2 aromatic carbocycles. The van der Waals surface area contributed by atoms with Gasteiger partial charge in [-0.05, 0) is 56.0 Å². The van der Waals surface area contributed by atoms with Gasteiger partial charge < -0.3 is 15.0 Å². The van der Waals surface area contributed by atoms with Crippen molar-refractivity contribution >= 4 is 27.0 Å². The monoisotopic (exact) mass is 507 g/mol. The lowest BCUT2D eigenvalue weighted by atomic mass is 9.95. The zero-order valence-electron chi connectivity index (χ0n) is 21.5. The van der Waals surface area contributed by atoms with Gasteiger partial charge in [-0.25, -0.2) is 23.1 Å². The molecule has 1 atom stereocenters. The van der Waals surface area contributed by atoms with Gasteiger partial charge in [0.1, 0.15) is 4.90 Å². The fraction of sp³-hybridized carbons (Fsp3) is 0.333. The number of nitrogen functional groups attached to an aromatic ring is 1. The fourth-order valence-corrected chi connectivity index (χ4v) is 6.02. The number of nitrogens with one attached hydrogen (secondary N) is 1. The van der Waals surface area contributed by atoms with Crippen LogP contribution >= 0.6 is 0 Å². The first-order valence-electron chi connectivity index (χ1n) is 11.8. The Morgan fingerprint density at radius 3 is 2.33 bits per heavy atom. The number of hydrogen-bond acceptors (Lipinski definition) is 6.